The fourth-order valence-corrected chi connectivity index (χ4v) is 4.26. The smallest absolute Gasteiger partial charge is 0.326 e. The zero-order chi connectivity index (χ0) is 16.0. The summed E-state index contributed by atoms with van der Waals surface area (Å²) >= 11 is 0. The lowest BCUT2D eigenvalue weighted by Crippen LogP contribution is -2.47. The number of likely N-dealkylation sites (tertiary alicyclic amines) is 1. The van der Waals surface area contributed by atoms with Gasteiger partial charge in [-0.15, -0.1) is 0 Å². The van der Waals surface area contributed by atoms with Gasteiger partial charge in [-0.25, -0.2) is 13.2 Å². The Balaban J connectivity index is 2.18. The summed E-state index contributed by atoms with van der Waals surface area (Å²) in [6.07, 6.45) is 2.71. The van der Waals surface area contributed by atoms with Gasteiger partial charge in [0, 0.05) is 6.54 Å². The van der Waals surface area contributed by atoms with E-state index in [0.29, 0.717) is 6.54 Å². The number of carbonyl (C=O) groups is 2. The number of carboxylic acid groups (broad SMARTS) is 1. The van der Waals surface area contributed by atoms with Crippen molar-refractivity contribution in [3.8, 4) is 0 Å². The van der Waals surface area contributed by atoms with Crippen molar-refractivity contribution in [2.45, 2.75) is 50.8 Å². The highest BCUT2D eigenvalue weighted by atomic mass is 32.2. The van der Waals surface area contributed by atoms with Gasteiger partial charge in [-0.05, 0) is 45.4 Å². The van der Waals surface area contributed by atoms with Gasteiger partial charge in [0.1, 0.15) is 11.8 Å². The molecular weight excluding hydrogens is 294 g/mol. The Morgan fingerprint density at radius 1 is 1.24 bits per heavy atom. The van der Waals surface area contributed by atoms with Crippen LogP contribution < -0.4 is 0 Å². The van der Waals surface area contributed by atoms with Crippen molar-refractivity contribution in [3.05, 3.63) is 0 Å². The van der Waals surface area contributed by atoms with Crippen LogP contribution in [0.25, 0.3) is 0 Å². The molecule has 1 aliphatic carbocycles. The van der Waals surface area contributed by atoms with Crippen LogP contribution in [-0.4, -0.2) is 53.4 Å². The molecule has 1 saturated heterocycles. The molecule has 0 aromatic carbocycles. The monoisotopic (exact) mass is 317 g/mol. The largest absolute Gasteiger partial charge is 0.480 e. The van der Waals surface area contributed by atoms with Gasteiger partial charge in [0.2, 0.25) is 5.91 Å². The maximum Gasteiger partial charge on any atom is 0.326 e. The van der Waals surface area contributed by atoms with E-state index in [9.17, 15) is 23.1 Å². The van der Waals surface area contributed by atoms with Crippen LogP contribution in [0, 0.1) is 11.8 Å². The number of fused-ring (bicyclic) bond motifs is 1. The van der Waals surface area contributed by atoms with E-state index < -0.39 is 38.3 Å². The Morgan fingerprint density at radius 3 is 2.38 bits per heavy atom. The molecule has 3 atom stereocenters. The van der Waals surface area contributed by atoms with Crippen molar-refractivity contribution in [1.29, 1.82) is 0 Å². The summed E-state index contributed by atoms with van der Waals surface area (Å²) in [7, 11) is -3.59. The highest BCUT2D eigenvalue weighted by Crippen LogP contribution is 2.42. The highest BCUT2D eigenvalue weighted by molar-refractivity contribution is 7.93. The van der Waals surface area contributed by atoms with Gasteiger partial charge in [0.05, 0.1) is 4.75 Å². The van der Waals surface area contributed by atoms with Crippen molar-refractivity contribution in [3.63, 3.8) is 0 Å². The van der Waals surface area contributed by atoms with E-state index in [1.807, 2.05) is 0 Å². The van der Waals surface area contributed by atoms with Gasteiger partial charge in [-0.3, -0.25) is 4.79 Å². The van der Waals surface area contributed by atoms with Crippen molar-refractivity contribution in [2.75, 3.05) is 12.3 Å². The van der Waals surface area contributed by atoms with Gasteiger partial charge in [0.25, 0.3) is 0 Å². The molecule has 1 amide bonds. The number of hydrogen-bond acceptors (Lipinski definition) is 4. The van der Waals surface area contributed by atoms with Crippen LogP contribution in [0.5, 0.6) is 0 Å². The first-order valence-corrected chi connectivity index (χ1v) is 8.94. The van der Waals surface area contributed by atoms with E-state index in [1.165, 1.54) is 4.90 Å². The SMILES string of the molecule is CC(C)(C)S(=O)(=O)CC(=O)N1CC2CCCC2C1C(=O)O. The average molecular weight is 317 g/mol. The summed E-state index contributed by atoms with van der Waals surface area (Å²) in [6, 6.07) is -0.861. The fourth-order valence-electron chi connectivity index (χ4n) is 3.34. The summed E-state index contributed by atoms with van der Waals surface area (Å²) in [6.45, 7) is 5.01. The molecule has 0 aromatic heterocycles. The summed E-state index contributed by atoms with van der Waals surface area (Å²) < 4.78 is 23.3. The second-order valence-electron chi connectivity index (χ2n) is 7.06. The number of sulfone groups is 1. The Kier molecular flexibility index (Phi) is 4.08. The van der Waals surface area contributed by atoms with E-state index in [-0.39, 0.29) is 11.8 Å². The topological polar surface area (TPSA) is 91.8 Å². The lowest BCUT2D eigenvalue weighted by Gasteiger charge is -2.26. The molecule has 1 heterocycles. The molecule has 0 aromatic rings. The standard InChI is InChI=1S/C14H23NO5S/c1-14(2,3)21(19,20)8-11(16)15-7-9-5-4-6-10(9)12(15)13(17)18/h9-10,12H,4-8H2,1-3H3,(H,17,18). The fraction of sp³-hybridized carbons (Fsp3) is 0.857. The predicted octanol–water partition coefficient (Wildman–Crippen LogP) is 0.911. The first-order valence-electron chi connectivity index (χ1n) is 7.29. The van der Waals surface area contributed by atoms with Crippen LogP contribution in [0.4, 0.5) is 0 Å². The summed E-state index contributed by atoms with van der Waals surface area (Å²) in [5.41, 5.74) is 0. The number of rotatable bonds is 3. The number of carbonyl (C=O) groups excluding carboxylic acids is 1. The molecule has 120 valence electrons. The van der Waals surface area contributed by atoms with Gasteiger partial charge in [-0.2, -0.15) is 0 Å². The minimum atomic E-state index is -3.59. The normalized spacial score (nSPS) is 29.5. The van der Waals surface area contributed by atoms with Crippen LogP contribution in [0.1, 0.15) is 40.0 Å². The predicted molar refractivity (Wildman–Crippen MR) is 77.5 cm³/mol. The summed E-state index contributed by atoms with van der Waals surface area (Å²) in [5, 5.41) is 9.39. The van der Waals surface area contributed by atoms with Crippen molar-refractivity contribution >= 4 is 21.7 Å². The van der Waals surface area contributed by atoms with Gasteiger partial charge in [0.15, 0.2) is 9.84 Å². The first-order chi connectivity index (χ1) is 9.54. The zero-order valence-electron chi connectivity index (χ0n) is 12.7. The van der Waals surface area contributed by atoms with Crippen molar-refractivity contribution in [1.82, 2.24) is 4.90 Å². The molecule has 2 fully saturated rings. The number of carboxylic acids is 1. The summed E-state index contributed by atoms with van der Waals surface area (Å²) in [4.78, 5) is 25.1. The molecule has 7 heteroatoms. The van der Waals surface area contributed by atoms with E-state index in [4.69, 9.17) is 0 Å². The second kappa shape index (κ2) is 5.26. The van der Waals surface area contributed by atoms with Crippen LogP contribution in [0.15, 0.2) is 0 Å². The molecule has 1 aliphatic heterocycles. The summed E-state index contributed by atoms with van der Waals surface area (Å²) in [5.74, 6) is -2.03. The van der Waals surface area contributed by atoms with E-state index in [2.05, 4.69) is 0 Å². The minimum Gasteiger partial charge on any atom is -0.480 e. The van der Waals surface area contributed by atoms with Gasteiger partial charge in [-0.1, -0.05) is 6.42 Å². The van der Waals surface area contributed by atoms with E-state index >= 15 is 0 Å². The maximum atomic E-state index is 12.3. The van der Waals surface area contributed by atoms with Crippen molar-refractivity contribution in [2.24, 2.45) is 11.8 Å². The molecule has 0 bridgehead atoms. The Bertz CT molecular complexity index is 548. The Morgan fingerprint density at radius 2 is 1.86 bits per heavy atom. The third kappa shape index (κ3) is 2.93. The zero-order valence-corrected chi connectivity index (χ0v) is 13.5. The second-order valence-corrected chi connectivity index (χ2v) is 9.80. The molecule has 0 radical (unpaired) electrons. The molecule has 1 saturated carbocycles. The molecule has 6 nitrogen and oxygen atoms in total. The van der Waals surface area contributed by atoms with E-state index in [0.717, 1.165) is 19.3 Å². The molecule has 0 spiro atoms. The Labute approximate surface area is 125 Å². The third-order valence-corrected chi connectivity index (χ3v) is 7.20. The number of amides is 1. The highest BCUT2D eigenvalue weighted by Gasteiger charge is 2.50. The Hall–Kier alpha value is -1.11. The molecular formula is C14H23NO5S. The molecule has 21 heavy (non-hydrogen) atoms. The van der Waals surface area contributed by atoms with Crippen LogP contribution in [-0.2, 0) is 19.4 Å². The first kappa shape index (κ1) is 16.3. The maximum absolute atomic E-state index is 12.3. The lowest BCUT2D eigenvalue weighted by molar-refractivity contribution is -0.148. The van der Waals surface area contributed by atoms with Crippen LogP contribution in [0.3, 0.4) is 0 Å². The molecule has 2 aliphatic rings. The minimum absolute atomic E-state index is 0.0243. The average Bonchev–Trinajstić information content (AvgIpc) is 2.84. The number of nitrogens with zero attached hydrogens (tertiary/aromatic N) is 1. The third-order valence-electron chi connectivity index (χ3n) is 4.71. The van der Waals surface area contributed by atoms with E-state index in [1.54, 1.807) is 20.8 Å². The quantitative estimate of drug-likeness (QED) is 0.835. The molecule has 1 N–H and O–H groups in total. The van der Waals surface area contributed by atoms with Gasteiger partial charge >= 0.3 is 5.97 Å². The molecule has 3 unspecified atom stereocenters. The van der Waals surface area contributed by atoms with Gasteiger partial charge < -0.3 is 10.0 Å². The lowest BCUT2D eigenvalue weighted by atomic mass is 9.94. The molecule has 2 rings (SSSR count). The number of aliphatic carboxylic acids is 1. The van der Waals surface area contributed by atoms with Crippen LogP contribution in [0.2, 0.25) is 0 Å². The van der Waals surface area contributed by atoms with Crippen molar-refractivity contribution < 1.29 is 23.1 Å². The number of hydrogen-bond donors (Lipinski definition) is 1. The van der Waals surface area contributed by atoms with Crippen LogP contribution >= 0.6 is 0 Å².